The zero-order chi connectivity index (χ0) is 16.4. The number of nitrogens with zero attached hydrogens (tertiary/aromatic N) is 3. The molecular formula is C19H25N3O2. The SMILES string of the molecule is Cc1ccc(CN2CCN3C[C@H](OCc4cccnc4)C[C@@H]3C2)o1. The lowest BCUT2D eigenvalue weighted by molar-refractivity contribution is 0.0455. The predicted molar refractivity (Wildman–Crippen MR) is 91.5 cm³/mol. The summed E-state index contributed by atoms with van der Waals surface area (Å²) in [6, 6.07) is 8.78. The van der Waals surface area contributed by atoms with Crippen LogP contribution in [0.2, 0.25) is 0 Å². The molecule has 2 atom stereocenters. The molecule has 0 radical (unpaired) electrons. The normalized spacial score (nSPS) is 25.0. The fraction of sp³-hybridized carbons (Fsp3) is 0.526. The number of furan rings is 1. The highest BCUT2D eigenvalue weighted by Gasteiger charge is 2.36. The minimum atomic E-state index is 0.334. The highest BCUT2D eigenvalue weighted by Crippen LogP contribution is 2.25. The van der Waals surface area contributed by atoms with Gasteiger partial charge in [-0.25, -0.2) is 0 Å². The monoisotopic (exact) mass is 327 g/mol. The van der Waals surface area contributed by atoms with E-state index in [9.17, 15) is 0 Å². The Balaban J connectivity index is 1.27. The second-order valence-electron chi connectivity index (χ2n) is 6.93. The van der Waals surface area contributed by atoms with Crippen LogP contribution in [0, 0.1) is 6.92 Å². The number of aryl methyl sites for hydroxylation is 1. The van der Waals surface area contributed by atoms with Crippen molar-refractivity contribution in [2.24, 2.45) is 0 Å². The van der Waals surface area contributed by atoms with Gasteiger partial charge in [0.05, 0.1) is 19.3 Å². The van der Waals surface area contributed by atoms with Gasteiger partial charge in [-0.15, -0.1) is 0 Å². The number of hydrogen-bond donors (Lipinski definition) is 0. The predicted octanol–water partition coefficient (Wildman–Crippen LogP) is 2.46. The van der Waals surface area contributed by atoms with Crippen molar-refractivity contribution in [2.45, 2.75) is 38.6 Å². The largest absolute Gasteiger partial charge is 0.465 e. The summed E-state index contributed by atoms with van der Waals surface area (Å²) in [7, 11) is 0. The van der Waals surface area contributed by atoms with Crippen molar-refractivity contribution in [3.63, 3.8) is 0 Å². The van der Waals surface area contributed by atoms with Gasteiger partial charge >= 0.3 is 0 Å². The summed E-state index contributed by atoms with van der Waals surface area (Å²) >= 11 is 0. The van der Waals surface area contributed by atoms with Crippen LogP contribution in [0.1, 0.15) is 23.5 Å². The first-order chi connectivity index (χ1) is 11.8. The Bertz CT molecular complexity index is 658. The summed E-state index contributed by atoms with van der Waals surface area (Å²) in [6.07, 6.45) is 5.14. The molecule has 0 unspecified atom stereocenters. The van der Waals surface area contributed by atoms with Gasteiger partial charge in [-0.2, -0.15) is 0 Å². The van der Waals surface area contributed by atoms with E-state index in [2.05, 4.69) is 26.9 Å². The van der Waals surface area contributed by atoms with Crippen molar-refractivity contribution in [1.82, 2.24) is 14.8 Å². The van der Waals surface area contributed by atoms with Crippen LogP contribution in [0.4, 0.5) is 0 Å². The molecule has 0 amide bonds. The molecule has 0 aliphatic carbocycles. The van der Waals surface area contributed by atoms with Gasteiger partial charge in [-0.3, -0.25) is 14.8 Å². The van der Waals surface area contributed by atoms with E-state index in [4.69, 9.17) is 9.15 Å². The molecule has 2 aliphatic heterocycles. The van der Waals surface area contributed by atoms with Gasteiger partial charge in [-0.1, -0.05) is 6.07 Å². The number of piperazine rings is 1. The van der Waals surface area contributed by atoms with Gasteiger partial charge in [0.1, 0.15) is 11.5 Å². The van der Waals surface area contributed by atoms with E-state index in [-0.39, 0.29) is 0 Å². The first-order valence-corrected chi connectivity index (χ1v) is 8.78. The number of aromatic nitrogens is 1. The van der Waals surface area contributed by atoms with E-state index >= 15 is 0 Å². The molecular weight excluding hydrogens is 302 g/mol. The van der Waals surface area contributed by atoms with Gasteiger partial charge in [0.2, 0.25) is 0 Å². The molecule has 24 heavy (non-hydrogen) atoms. The van der Waals surface area contributed by atoms with Gasteiger partial charge in [0.25, 0.3) is 0 Å². The molecule has 0 spiro atoms. The van der Waals surface area contributed by atoms with Crippen molar-refractivity contribution < 1.29 is 9.15 Å². The van der Waals surface area contributed by atoms with Gasteiger partial charge in [0.15, 0.2) is 0 Å². The Hall–Kier alpha value is -1.69. The molecule has 2 aromatic rings. The quantitative estimate of drug-likeness (QED) is 0.844. The lowest BCUT2D eigenvalue weighted by Gasteiger charge is -2.36. The molecule has 5 nitrogen and oxygen atoms in total. The minimum absolute atomic E-state index is 0.334. The molecule has 4 rings (SSSR count). The smallest absolute Gasteiger partial charge is 0.118 e. The number of hydrogen-bond acceptors (Lipinski definition) is 5. The Morgan fingerprint density at radius 3 is 3.00 bits per heavy atom. The second kappa shape index (κ2) is 7.05. The molecule has 0 saturated carbocycles. The Morgan fingerprint density at radius 1 is 1.25 bits per heavy atom. The summed E-state index contributed by atoms with van der Waals surface area (Å²) in [6.45, 7) is 7.96. The maximum atomic E-state index is 6.12. The van der Waals surface area contributed by atoms with Crippen molar-refractivity contribution in [1.29, 1.82) is 0 Å². The molecule has 2 aromatic heterocycles. The van der Waals surface area contributed by atoms with Crippen LogP contribution in [0.25, 0.3) is 0 Å². The summed E-state index contributed by atoms with van der Waals surface area (Å²) in [4.78, 5) is 9.23. The minimum Gasteiger partial charge on any atom is -0.465 e. The Kier molecular flexibility index (Phi) is 4.65. The first kappa shape index (κ1) is 15.8. The van der Waals surface area contributed by atoms with Crippen LogP contribution in [0.15, 0.2) is 41.1 Å². The van der Waals surface area contributed by atoms with Gasteiger partial charge < -0.3 is 9.15 Å². The zero-order valence-corrected chi connectivity index (χ0v) is 14.2. The highest BCUT2D eigenvalue weighted by atomic mass is 16.5. The van der Waals surface area contributed by atoms with E-state index in [1.807, 2.05) is 25.3 Å². The molecule has 0 aromatic carbocycles. The average Bonchev–Trinajstić information content (AvgIpc) is 3.19. The van der Waals surface area contributed by atoms with E-state index in [1.165, 1.54) is 0 Å². The van der Waals surface area contributed by atoms with Crippen molar-refractivity contribution in [3.8, 4) is 0 Å². The topological polar surface area (TPSA) is 41.7 Å². The Morgan fingerprint density at radius 2 is 2.21 bits per heavy atom. The summed E-state index contributed by atoms with van der Waals surface area (Å²) in [5.41, 5.74) is 1.15. The number of ether oxygens (including phenoxy) is 1. The van der Waals surface area contributed by atoms with Crippen molar-refractivity contribution >= 4 is 0 Å². The fourth-order valence-corrected chi connectivity index (χ4v) is 3.81. The molecule has 5 heteroatoms. The molecule has 0 N–H and O–H groups in total. The summed E-state index contributed by atoms with van der Waals surface area (Å²) in [5, 5.41) is 0. The second-order valence-corrected chi connectivity index (χ2v) is 6.93. The number of rotatable bonds is 5. The van der Waals surface area contributed by atoms with Crippen LogP contribution in [0.5, 0.6) is 0 Å². The zero-order valence-electron chi connectivity index (χ0n) is 14.2. The van der Waals surface area contributed by atoms with Crippen LogP contribution in [0.3, 0.4) is 0 Å². The first-order valence-electron chi connectivity index (χ1n) is 8.78. The Labute approximate surface area is 143 Å². The highest BCUT2D eigenvalue weighted by molar-refractivity contribution is 5.07. The number of pyridine rings is 1. The van der Waals surface area contributed by atoms with E-state index in [1.54, 1.807) is 6.20 Å². The van der Waals surface area contributed by atoms with E-state index in [0.29, 0.717) is 18.8 Å². The molecule has 0 bridgehead atoms. The molecule has 4 heterocycles. The lowest BCUT2D eigenvalue weighted by atomic mass is 10.1. The maximum absolute atomic E-state index is 6.12. The third-order valence-electron chi connectivity index (χ3n) is 5.05. The molecule has 128 valence electrons. The fourth-order valence-electron chi connectivity index (χ4n) is 3.81. The molecule has 2 saturated heterocycles. The molecule has 2 fully saturated rings. The van der Waals surface area contributed by atoms with E-state index < -0.39 is 0 Å². The maximum Gasteiger partial charge on any atom is 0.118 e. The van der Waals surface area contributed by atoms with Crippen LogP contribution in [-0.4, -0.2) is 53.1 Å². The third kappa shape index (κ3) is 3.69. The average molecular weight is 327 g/mol. The van der Waals surface area contributed by atoms with Crippen LogP contribution in [-0.2, 0) is 17.9 Å². The standard InChI is InChI=1S/C19H25N3O2/c1-15-4-5-18(24-15)12-21-7-8-22-13-19(9-17(22)11-21)23-14-16-3-2-6-20-10-16/h2-6,10,17,19H,7-9,11-14H2,1H3/t17-,19-/m1/s1. The van der Waals surface area contributed by atoms with Crippen molar-refractivity contribution in [3.05, 3.63) is 53.7 Å². The van der Waals surface area contributed by atoms with Crippen molar-refractivity contribution in [2.75, 3.05) is 26.2 Å². The van der Waals surface area contributed by atoms with Crippen LogP contribution < -0.4 is 0 Å². The summed E-state index contributed by atoms with van der Waals surface area (Å²) in [5.74, 6) is 2.07. The third-order valence-corrected chi connectivity index (χ3v) is 5.05. The number of fused-ring (bicyclic) bond motifs is 1. The van der Waals surface area contributed by atoms with Gasteiger partial charge in [0, 0.05) is 44.6 Å². The summed E-state index contributed by atoms with van der Waals surface area (Å²) < 4.78 is 11.8. The lowest BCUT2D eigenvalue weighted by Crippen LogP contribution is -2.49. The van der Waals surface area contributed by atoms with Crippen LogP contribution >= 0.6 is 0 Å². The van der Waals surface area contributed by atoms with E-state index in [0.717, 1.165) is 56.2 Å². The molecule has 2 aliphatic rings. The van der Waals surface area contributed by atoms with Gasteiger partial charge in [-0.05, 0) is 37.1 Å².